The van der Waals surface area contributed by atoms with Crippen molar-refractivity contribution in [2.24, 2.45) is 10.7 Å². The number of nitrogens with zero attached hydrogens (tertiary/aromatic N) is 1. The van der Waals surface area contributed by atoms with E-state index in [1.807, 2.05) is 0 Å². The Kier molecular flexibility index (Phi) is 3.13. The summed E-state index contributed by atoms with van der Waals surface area (Å²) >= 11 is 0. The second kappa shape index (κ2) is 4.53. The molecule has 2 N–H and O–H groups in total. The molecule has 2 aliphatic rings. The van der Waals surface area contributed by atoms with Gasteiger partial charge in [0.1, 0.15) is 21.9 Å². The first-order valence-electron chi connectivity index (χ1n) is 7.14. The summed E-state index contributed by atoms with van der Waals surface area (Å²) in [7, 11) is -3.47. The summed E-state index contributed by atoms with van der Waals surface area (Å²) in [6, 6.07) is 6.15. The largest absolute Gasteiger partial charge is 0.386 e. The van der Waals surface area contributed by atoms with Gasteiger partial charge in [-0.2, -0.15) is 0 Å². The van der Waals surface area contributed by atoms with Crippen molar-refractivity contribution in [3.63, 3.8) is 0 Å². The normalized spacial score (nSPS) is 30.3. The molecular weight excluding hydrogens is 291 g/mol. The number of hydrogen-bond acceptors (Lipinski definition) is 4. The molecule has 1 aromatic carbocycles. The Morgan fingerprint density at radius 2 is 1.86 bits per heavy atom. The van der Waals surface area contributed by atoms with Gasteiger partial charge in [-0.15, -0.1) is 0 Å². The third kappa shape index (κ3) is 1.99. The average Bonchev–Trinajstić information content (AvgIpc) is 2.87. The highest BCUT2D eigenvalue weighted by Gasteiger charge is 2.55. The summed E-state index contributed by atoms with van der Waals surface area (Å²) in [5.74, 6) is -0.493. The lowest BCUT2D eigenvalue weighted by molar-refractivity contribution is 0.468. The van der Waals surface area contributed by atoms with Gasteiger partial charge in [0.25, 0.3) is 0 Å². The topological polar surface area (TPSA) is 72.5 Å². The Bertz CT molecular complexity index is 708. The van der Waals surface area contributed by atoms with E-state index >= 15 is 0 Å². The van der Waals surface area contributed by atoms with Crippen LogP contribution in [0.4, 0.5) is 4.39 Å². The van der Waals surface area contributed by atoms with E-state index in [2.05, 4.69) is 4.99 Å². The van der Waals surface area contributed by atoms with Crippen molar-refractivity contribution in [1.29, 1.82) is 0 Å². The second-order valence-electron chi connectivity index (χ2n) is 6.21. The third-order valence-corrected chi connectivity index (χ3v) is 7.52. The van der Waals surface area contributed by atoms with E-state index in [0.717, 1.165) is 12.8 Å². The molecule has 0 bridgehead atoms. The summed E-state index contributed by atoms with van der Waals surface area (Å²) in [5, 5.41) is 0. The predicted molar refractivity (Wildman–Crippen MR) is 80.4 cm³/mol. The summed E-state index contributed by atoms with van der Waals surface area (Å²) in [4.78, 5) is 4.45. The van der Waals surface area contributed by atoms with Crippen LogP contribution in [-0.2, 0) is 15.4 Å². The van der Waals surface area contributed by atoms with Crippen LogP contribution < -0.4 is 5.73 Å². The molecule has 1 unspecified atom stereocenters. The van der Waals surface area contributed by atoms with Crippen LogP contribution in [0, 0.1) is 5.82 Å². The van der Waals surface area contributed by atoms with Crippen molar-refractivity contribution >= 4 is 15.7 Å². The SMILES string of the molecule is CC1(c2ccccc2F)CS(=O)(=O)C2(CCCC2)C(N)=N1. The molecule has 1 aliphatic heterocycles. The first-order valence-corrected chi connectivity index (χ1v) is 8.79. The Hall–Kier alpha value is -1.43. The van der Waals surface area contributed by atoms with Gasteiger partial charge in [0, 0.05) is 5.56 Å². The molecule has 1 atom stereocenters. The quantitative estimate of drug-likeness (QED) is 0.863. The average molecular weight is 310 g/mol. The number of amidine groups is 1. The number of benzene rings is 1. The fraction of sp³-hybridized carbons (Fsp3) is 0.533. The molecule has 6 heteroatoms. The maximum atomic E-state index is 14.1. The zero-order chi connectivity index (χ0) is 15.3. The lowest BCUT2D eigenvalue weighted by Gasteiger charge is -2.39. The van der Waals surface area contributed by atoms with Crippen LogP contribution in [0.5, 0.6) is 0 Å². The van der Waals surface area contributed by atoms with E-state index in [-0.39, 0.29) is 17.2 Å². The lowest BCUT2D eigenvalue weighted by atomic mass is 9.93. The van der Waals surface area contributed by atoms with Gasteiger partial charge in [-0.05, 0) is 25.8 Å². The van der Waals surface area contributed by atoms with Gasteiger partial charge in [0.15, 0.2) is 9.84 Å². The Labute approximate surface area is 124 Å². The molecule has 0 amide bonds. The van der Waals surface area contributed by atoms with Crippen LogP contribution in [0.2, 0.25) is 0 Å². The second-order valence-corrected chi connectivity index (χ2v) is 8.51. The molecule has 4 nitrogen and oxygen atoms in total. The summed E-state index contributed by atoms with van der Waals surface area (Å²) in [5.41, 5.74) is 5.19. The first kappa shape index (κ1) is 14.5. The van der Waals surface area contributed by atoms with Crippen LogP contribution in [0.15, 0.2) is 29.3 Å². The van der Waals surface area contributed by atoms with E-state index in [1.54, 1.807) is 25.1 Å². The molecule has 0 saturated heterocycles. The smallest absolute Gasteiger partial charge is 0.165 e. The molecule has 1 fully saturated rings. The van der Waals surface area contributed by atoms with Gasteiger partial charge in [0.05, 0.1) is 5.75 Å². The molecular formula is C15H19FN2O2S. The standard InChI is InChI=1S/C15H19FN2O2S/c1-14(11-6-2-3-7-12(11)16)10-21(19,20)15(13(17)18-14)8-4-5-9-15/h2-3,6-7H,4-5,8-10H2,1H3,(H2,17,18). The van der Waals surface area contributed by atoms with Crippen molar-refractivity contribution in [1.82, 2.24) is 0 Å². The highest BCUT2D eigenvalue weighted by atomic mass is 32.2. The molecule has 114 valence electrons. The van der Waals surface area contributed by atoms with E-state index in [1.165, 1.54) is 6.07 Å². The highest BCUT2D eigenvalue weighted by Crippen LogP contribution is 2.45. The van der Waals surface area contributed by atoms with Crippen molar-refractivity contribution in [2.75, 3.05) is 5.75 Å². The van der Waals surface area contributed by atoms with Crippen molar-refractivity contribution in [2.45, 2.75) is 42.9 Å². The molecule has 0 radical (unpaired) electrons. The first-order chi connectivity index (χ1) is 9.81. The number of aliphatic imine (C=N–C) groups is 1. The maximum absolute atomic E-state index is 14.1. The summed E-state index contributed by atoms with van der Waals surface area (Å²) < 4.78 is 38.7. The molecule has 21 heavy (non-hydrogen) atoms. The molecule has 1 saturated carbocycles. The Balaban J connectivity index is 2.17. The van der Waals surface area contributed by atoms with Crippen LogP contribution in [0.25, 0.3) is 0 Å². The minimum Gasteiger partial charge on any atom is -0.386 e. The Morgan fingerprint density at radius 3 is 2.43 bits per heavy atom. The van der Waals surface area contributed by atoms with E-state index < -0.39 is 25.9 Å². The fourth-order valence-corrected chi connectivity index (χ4v) is 6.13. The molecule has 1 aromatic rings. The number of halogens is 1. The molecule has 0 aromatic heterocycles. The Morgan fingerprint density at radius 1 is 1.24 bits per heavy atom. The van der Waals surface area contributed by atoms with Gasteiger partial charge < -0.3 is 5.73 Å². The van der Waals surface area contributed by atoms with Gasteiger partial charge in [-0.25, -0.2) is 12.8 Å². The van der Waals surface area contributed by atoms with Crippen LogP contribution in [0.3, 0.4) is 0 Å². The lowest BCUT2D eigenvalue weighted by Crippen LogP contribution is -2.56. The maximum Gasteiger partial charge on any atom is 0.165 e. The zero-order valence-corrected chi connectivity index (χ0v) is 12.8. The van der Waals surface area contributed by atoms with Crippen LogP contribution >= 0.6 is 0 Å². The number of rotatable bonds is 1. The summed E-state index contributed by atoms with van der Waals surface area (Å²) in [6.07, 6.45) is 2.73. The van der Waals surface area contributed by atoms with Gasteiger partial charge in [-0.3, -0.25) is 4.99 Å². The minimum absolute atomic E-state index is 0.150. The van der Waals surface area contributed by atoms with Gasteiger partial charge >= 0.3 is 0 Å². The monoisotopic (exact) mass is 310 g/mol. The minimum atomic E-state index is -3.47. The van der Waals surface area contributed by atoms with Crippen molar-refractivity contribution < 1.29 is 12.8 Å². The fourth-order valence-electron chi connectivity index (χ4n) is 3.62. The molecule has 3 rings (SSSR count). The number of sulfone groups is 1. The highest BCUT2D eigenvalue weighted by molar-refractivity contribution is 7.93. The van der Waals surface area contributed by atoms with Gasteiger partial charge in [-0.1, -0.05) is 31.0 Å². The number of nitrogens with two attached hydrogens (primary N) is 1. The molecule has 1 aliphatic carbocycles. The summed E-state index contributed by atoms with van der Waals surface area (Å²) in [6.45, 7) is 1.64. The van der Waals surface area contributed by atoms with E-state index in [4.69, 9.17) is 5.73 Å². The predicted octanol–water partition coefficient (Wildman–Crippen LogP) is 2.14. The number of hydrogen-bond donors (Lipinski definition) is 1. The van der Waals surface area contributed by atoms with Crippen molar-refractivity contribution in [3.8, 4) is 0 Å². The van der Waals surface area contributed by atoms with Crippen LogP contribution in [0.1, 0.15) is 38.2 Å². The van der Waals surface area contributed by atoms with Crippen molar-refractivity contribution in [3.05, 3.63) is 35.6 Å². The molecule has 1 heterocycles. The van der Waals surface area contributed by atoms with E-state index in [9.17, 15) is 12.8 Å². The van der Waals surface area contributed by atoms with Gasteiger partial charge in [0.2, 0.25) is 0 Å². The zero-order valence-electron chi connectivity index (χ0n) is 12.0. The molecule has 1 spiro atoms. The van der Waals surface area contributed by atoms with E-state index in [0.29, 0.717) is 12.8 Å². The third-order valence-electron chi connectivity index (χ3n) is 4.77. The van der Waals surface area contributed by atoms with Crippen LogP contribution in [-0.4, -0.2) is 24.8 Å².